The molecule has 120 valence electrons. The highest BCUT2D eigenvalue weighted by Gasteiger charge is 2.32. The number of para-hydroxylation sites is 1. The molecule has 0 saturated heterocycles. The molecule has 1 aromatic rings. The highest BCUT2D eigenvalue weighted by atomic mass is 16.2. The van der Waals surface area contributed by atoms with Gasteiger partial charge < -0.3 is 15.1 Å². The number of carbonyl (C=O) groups is 2. The third kappa shape index (κ3) is 3.65. The Kier molecular flexibility index (Phi) is 5.19. The van der Waals surface area contributed by atoms with Crippen molar-refractivity contribution in [1.82, 2.24) is 5.32 Å². The highest BCUT2D eigenvalue weighted by Crippen LogP contribution is 2.27. The van der Waals surface area contributed by atoms with Crippen LogP contribution in [0.4, 0.5) is 5.69 Å². The molecule has 1 aliphatic rings. The van der Waals surface area contributed by atoms with Gasteiger partial charge in [-0.1, -0.05) is 18.2 Å². The summed E-state index contributed by atoms with van der Waals surface area (Å²) in [5, 5.41) is 2.87. The predicted octanol–water partition coefficient (Wildman–Crippen LogP) is 0.00350. The molecule has 5 nitrogen and oxygen atoms in total. The molecule has 0 bridgehead atoms. The molecule has 0 aliphatic carbocycles. The van der Waals surface area contributed by atoms with Gasteiger partial charge >= 0.3 is 0 Å². The number of nitrogens with zero attached hydrogens (tertiary/aromatic N) is 1. The topological polar surface area (TPSA) is 53.9 Å². The van der Waals surface area contributed by atoms with Crippen LogP contribution in [0.25, 0.3) is 0 Å². The average molecular weight is 304 g/mol. The van der Waals surface area contributed by atoms with Gasteiger partial charge in [0.05, 0.1) is 7.05 Å². The molecular weight excluding hydrogens is 278 g/mol. The zero-order valence-electron chi connectivity index (χ0n) is 13.8. The van der Waals surface area contributed by atoms with Gasteiger partial charge in [-0.05, 0) is 38.8 Å². The van der Waals surface area contributed by atoms with Crippen molar-refractivity contribution in [2.24, 2.45) is 0 Å². The van der Waals surface area contributed by atoms with E-state index in [-0.39, 0.29) is 23.9 Å². The van der Waals surface area contributed by atoms with Crippen LogP contribution in [0.3, 0.4) is 0 Å². The Morgan fingerprint density at radius 3 is 2.64 bits per heavy atom. The number of carbonyl (C=O) groups excluding carboxylic acids is 2. The number of benzene rings is 1. The van der Waals surface area contributed by atoms with E-state index in [9.17, 15) is 9.59 Å². The number of amides is 2. The van der Waals surface area contributed by atoms with E-state index in [1.54, 1.807) is 0 Å². The minimum Gasteiger partial charge on any atom is -0.349 e. The highest BCUT2D eigenvalue weighted by molar-refractivity contribution is 5.98. The number of likely N-dealkylation sites (N-methyl/N-ethyl adjacent to an activating group) is 1. The predicted molar refractivity (Wildman–Crippen MR) is 87.0 cm³/mol. The summed E-state index contributed by atoms with van der Waals surface area (Å²) in [4.78, 5) is 27.3. The first kappa shape index (κ1) is 16.5. The molecule has 1 heterocycles. The van der Waals surface area contributed by atoms with Crippen LogP contribution in [0, 0.1) is 0 Å². The second-order valence-corrected chi connectivity index (χ2v) is 6.34. The third-order valence-corrected chi connectivity index (χ3v) is 4.15. The van der Waals surface area contributed by atoms with Crippen LogP contribution < -0.4 is 15.1 Å². The second-order valence-electron chi connectivity index (χ2n) is 6.34. The largest absolute Gasteiger partial charge is 0.349 e. The summed E-state index contributed by atoms with van der Waals surface area (Å²) in [5.41, 5.74) is 2.23. The van der Waals surface area contributed by atoms with E-state index in [1.165, 1.54) is 5.56 Å². The summed E-state index contributed by atoms with van der Waals surface area (Å²) in [6.07, 6.45) is 0.904. The van der Waals surface area contributed by atoms with Gasteiger partial charge in [0.2, 0.25) is 0 Å². The number of hydrogen-bond donors (Lipinski definition) is 2. The van der Waals surface area contributed by atoms with Crippen LogP contribution in [0.1, 0.15) is 26.3 Å². The molecule has 0 spiro atoms. The van der Waals surface area contributed by atoms with Gasteiger partial charge in [0, 0.05) is 18.3 Å². The lowest BCUT2D eigenvalue weighted by Gasteiger charge is -2.26. The molecule has 5 heteroatoms. The molecule has 0 aromatic heterocycles. The fourth-order valence-corrected chi connectivity index (χ4v) is 2.79. The minimum absolute atomic E-state index is 0.0195. The Bertz CT molecular complexity index is 557. The summed E-state index contributed by atoms with van der Waals surface area (Å²) >= 11 is 0. The quantitative estimate of drug-likeness (QED) is 0.805. The smallest absolute Gasteiger partial charge is 0.284 e. The number of rotatable bonds is 5. The maximum atomic E-state index is 12.7. The molecule has 2 amide bonds. The Balaban J connectivity index is 1.99. The molecule has 0 fully saturated rings. The van der Waals surface area contributed by atoms with Crippen molar-refractivity contribution in [3.63, 3.8) is 0 Å². The first-order valence-corrected chi connectivity index (χ1v) is 7.91. The number of nitrogens with one attached hydrogen (secondary N) is 2. The van der Waals surface area contributed by atoms with Crippen LogP contribution >= 0.6 is 0 Å². The second kappa shape index (κ2) is 6.92. The minimum atomic E-state index is -0.246. The summed E-state index contributed by atoms with van der Waals surface area (Å²) in [6.45, 7) is 6.79. The van der Waals surface area contributed by atoms with Gasteiger partial charge in [0.25, 0.3) is 11.8 Å². The van der Waals surface area contributed by atoms with Crippen molar-refractivity contribution in [2.45, 2.75) is 39.3 Å². The normalized spacial score (nSPS) is 16.3. The SMILES string of the molecule is CC(C)NC(=O)C[NH+](C)[C@@H](C)C(=O)N1CCc2ccccc21. The van der Waals surface area contributed by atoms with Crippen LogP contribution in [0.5, 0.6) is 0 Å². The Morgan fingerprint density at radius 1 is 1.27 bits per heavy atom. The molecule has 0 saturated carbocycles. The van der Waals surface area contributed by atoms with Crippen molar-refractivity contribution < 1.29 is 14.5 Å². The summed E-state index contributed by atoms with van der Waals surface area (Å²) < 4.78 is 0. The molecule has 2 N–H and O–H groups in total. The van der Waals surface area contributed by atoms with Crippen molar-refractivity contribution >= 4 is 17.5 Å². The third-order valence-electron chi connectivity index (χ3n) is 4.15. The molecule has 1 unspecified atom stereocenters. The lowest BCUT2D eigenvalue weighted by atomic mass is 10.2. The van der Waals surface area contributed by atoms with Crippen molar-refractivity contribution in [1.29, 1.82) is 0 Å². The van der Waals surface area contributed by atoms with Gasteiger partial charge in [0.1, 0.15) is 0 Å². The van der Waals surface area contributed by atoms with Gasteiger partial charge in [0.15, 0.2) is 12.6 Å². The summed E-state index contributed by atoms with van der Waals surface area (Å²) in [5.74, 6) is 0.0637. The van der Waals surface area contributed by atoms with Crippen LogP contribution in [0.15, 0.2) is 24.3 Å². The fourth-order valence-electron chi connectivity index (χ4n) is 2.79. The van der Waals surface area contributed by atoms with Crippen molar-refractivity contribution in [2.75, 3.05) is 25.0 Å². The summed E-state index contributed by atoms with van der Waals surface area (Å²) in [6, 6.07) is 7.90. The first-order valence-electron chi connectivity index (χ1n) is 7.91. The van der Waals surface area contributed by atoms with E-state index >= 15 is 0 Å². The van der Waals surface area contributed by atoms with Crippen LogP contribution in [-0.2, 0) is 16.0 Å². The molecule has 2 atom stereocenters. The maximum absolute atomic E-state index is 12.7. The molecule has 1 aliphatic heterocycles. The maximum Gasteiger partial charge on any atom is 0.284 e. The van der Waals surface area contributed by atoms with Crippen LogP contribution in [-0.4, -0.2) is 44.0 Å². The standard InChI is InChI=1S/C17H25N3O2/c1-12(2)18-16(21)11-19(4)13(3)17(22)20-10-9-14-7-5-6-8-15(14)20/h5-8,12-13H,9-11H2,1-4H3,(H,18,21)/p+1/t13-/m0/s1. The fraction of sp³-hybridized carbons (Fsp3) is 0.529. The van der Waals surface area contributed by atoms with E-state index in [4.69, 9.17) is 0 Å². The molecule has 0 radical (unpaired) electrons. The van der Waals surface area contributed by atoms with E-state index < -0.39 is 0 Å². The van der Waals surface area contributed by atoms with E-state index in [2.05, 4.69) is 11.4 Å². The number of quaternary nitrogens is 1. The van der Waals surface area contributed by atoms with Gasteiger partial charge in [-0.15, -0.1) is 0 Å². The van der Waals surface area contributed by atoms with Crippen molar-refractivity contribution in [3.05, 3.63) is 29.8 Å². The monoisotopic (exact) mass is 304 g/mol. The average Bonchev–Trinajstić information content (AvgIpc) is 2.88. The Labute approximate surface area is 132 Å². The number of anilines is 1. The van der Waals surface area contributed by atoms with E-state index in [0.717, 1.165) is 23.6 Å². The zero-order chi connectivity index (χ0) is 16.3. The zero-order valence-corrected chi connectivity index (χ0v) is 13.8. The number of hydrogen-bond acceptors (Lipinski definition) is 2. The number of fused-ring (bicyclic) bond motifs is 1. The lowest BCUT2D eigenvalue weighted by Crippen LogP contribution is -3.15. The lowest BCUT2D eigenvalue weighted by molar-refractivity contribution is -0.885. The molecule has 1 aromatic carbocycles. The molecule has 2 rings (SSSR count). The Morgan fingerprint density at radius 2 is 1.95 bits per heavy atom. The van der Waals surface area contributed by atoms with Crippen molar-refractivity contribution in [3.8, 4) is 0 Å². The van der Waals surface area contributed by atoms with E-state index in [1.807, 2.05) is 50.9 Å². The van der Waals surface area contributed by atoms with Gasteiger partial charge in [-0.25, -0.2) is 0 Å². The Hall–Kier alpha value is -1.88. The van der Waals surface area contributed by atoms with E-state index in [0.29, 0.717) is 6.54 Å². The summed E-state index contributed by atoms with van der Waals surface area (Å²) in [7, 11) is 1.89. The van der Waals surface area contributed by atoms with Gasteiger partial charge in [-0.3, -0.25) is 9.59 Å². The van der Waals surface area contributed by atoms with Gasteiger partial charge in [-0.2, -0.15) is 0 Å². The van der Waals surface area contributed by atoms with Crippen LogP contribution in [0.2, 0.25) is 0 Å². The molecular formula is C17H26N3O2+. The molecule has 22 heavy (non-hydrogen) atoms. The first-order chi connectivity index (χ1) is 10.4.